The number of nitrogens with zero attached hydrogens (tertiary/aromatic N) is 2. The first-order valence-electron chi connectivity index (χ1n) is 7.01. The molecule has 2 aromatic rings. The minimum Gasteiger partial charge on any atom is -0.416 e. The molecule has 1 aliphatic heterocycles. The van der Waals surface area contributed by atoms with Gasteiger partial charge < -0.3 is 4.42 Å². The highest BCUT2D eigenvalue weighted by Crippen LogP contribution is 2.26. The zero-order chi connectivity index (χ0) is 16.4. The Balaban J connectivity index is 1.58. The van der Waals surface area contributed by atoms with Gasteiger partial charge in [0.1, 0.15) is 0 Å². The first kappa shape index (κ1) is 16.4. The van der Waals surface area contributed by atoms with Crippen LogP contribution in [-0.4, -0.2) is 30.1 Å². The van der Waals surface area contributed by atoms with Gasteiger partial charge in [0.15, 0.2) is 21.5 Å². The molecule has 0 aliphatic carbocycles. The summed E-state index contributed by atoms with van der Waals surface area (Å²) in [7, 11) is -2.94. The van der Waals surface area contributed by atoms with Gasteiger partial charge in [-0.05, 0) is 18.4 Å². The number of rotatable bonds is 5. The quantitative estimate of drug-likeness (QED) is 0.763. The lowest BCUT2D eigenvalue weighted by molar-refractivity contribution is 0.389. The predicted octanol–water partition coefficient (Wildman–Crippen LogP) is 2.62. The van der Waals surface area contributed by atoms with Crippen LogP contribution >= 0.6 is 11.8 Å². The standard InChI is InChI=1S/C14H14F2N2O3S2/c15-11-3-1-2-10(13(11)16)7-22-14-18-17-12(21-14)6-9-4-5-23(19,20)8-9/h1-3,9H,4-8H2/t9-/m1/s1. The van der Waals surface area contributed by atoms with Crippen LogP contribution in [0.1, 0.15) is 17.9 Å². The molecule has 5 nitrogen and oxygen atoms in total. The summed E-state index contributed by atoms with van der Waals surface area (Å²) in [6.07, 6.45) is 1.02. The van der Waals surface area contributed by atoms with Crippen molar-refractivity contribution >= 4 is 21.6 Å². The molecule has 0 saturated carbocycles. The van der Waals surface area contributed by atoms with Crippen LogP contribution in [0.5, 0.6) is 0 Å². The average molecular weight is 360 g/mol. The number of aromatic nitrogens is 2. The molecule has 0 amide bonds. The van der Waals surface area contributed by atoms with Gasteiger partial charge in [0.2, 0.25) is 5.89 Å². The molecular formula is C14H14F2N2O3S2. The Labute approximate surface area is 136 Å². The summed E-state index contributed by atoms with van der Waals surface area (Å²) >= 11 is 1.11. The van der Waals surface area contributed by atoms with Crippen LogP contribution in [0.4, 0.5) is 8.78 Å². The average Bonchev–Trinajstić information content (AvgIpc) is 3.07. The maximum atomic E-state index is 13.5. The van der Waals surface area contributed by atoms with E-state index in [0.29, 0.717) is 18.7 Å². The minimum absolute atomic E-state index is 0.000960. The van der Waals surface area contributed by atoms with Crippen LogP contribution in [0, 0.1) is 17.6 Å². The Kier molecular flexibility index (Phi) is 4.67. The van der Waals surface area contributed by atoms with E-state index in [1.54, 1.807) is 0 Å². The Morgan fingerprint density at radius 3 is 2.87 bits per heavy atom. The number of hydrogen-bond acceptors (Lipinski definition) is 6. The molecule has 1 fully saturated rings. The Hall–Kier alpha value is -1.48. The van der Waals surface area contributed by atoms with Gasteiger partial charge in [-0.2, -0.15) is 0 Å². The summed E-state index contributed by atoms with van der Waals surface area (Å²) in [4.78, 5) is 0. The van der Waals surface area contributed by atoms with E-state index in [1.807, 2.05) is 0 Å². The lowest BCUT2D eigenvalue weighted by atomic mass is 10.1. The van der Waals surface area contributed by atoms with Gasteiger partial charge in [-0.3, -0.25) is 0 Å². The van der Waals surface area contributed by atoms with Crippen molar-refractivity contribution in [2.24, 2.45) is 5.92 Å². The second-order valence-corrected chi connectivity index (χ2v) is 8.59. The largest absolute Gasteiger partial charge is 0.416 e. The third-order valence-electron chi connectivity index (χ3n) is 3.62. The first-order valence-corrected chi connectivity index (χ1v) is 9.82. The van der Waals surface area contributed by atoms with Crippen LogP contribution in [0.25, 0.3) is 0 Å². The van der Waals surface area contributed by atoms with Crippen molar-refractivity contribution in [2.45, 2.75) is 23.8 Å². The van der Waals surface area contributed by atoms with Crippen LogP contribution in [0.2, 0.25) is 0 Å². The predicted molar refractivity (Wildman–Crippen MR) is 80.7 cm³/mol. The fraction of sp³-hybridized carbons (Fsp3) is 0.429. The van der Waals surface area contributed by atoms with Gasteiger partial charge in [-0.25, -0.2) is 17.2 Å². The van der Waals surface area contributed by atoms with E-state index >= 15 is 0 Å². The van der Waals surface area contributed by atoms with Gasteiger partial charge in [0.25, 0.3) is 5.22 Å². The normalized spacial score (nSPS) is 20.0. The fourth-order valence-electron chi connectivity index (χ4n) is 2.46. The van der Waals surface area contributed by atoms with Crippen molar-refractivity contribution in [3.05, 3.63) is 41.3 Å². The summed E-state index contributed by atoms with van der Waals surface area (Å²) in [6.45, 7) is 0. The van der Waals surface area contributed by atoms with Crippen molar-refractivity contribution in [1.29, 1.82) is 0 Å². The van der Waals surface area contributed by atoms with Crippen molar-refractivity contribution in [3.63, 3.8) is 0 Å². The molecule has 124 valence electrons. The molecule has 0 spiro atoms. The van der Waals surface area contributed by atoms with E-state index in [0.717, 1.165) is 17.8 Å². The van der Waals surface area contributed by atoms with Crippen LogP contribution in [0.15, 0.2) is 27.8 Å². The molecule has 1 saturated heterocycles. The maximum Gasteiger partial charge on any atom is 0.276 e. The number of sulfone groups is 1. The van der Waals surface area contributed by atoms with Crippen molar-refractivity contribution < 1.29 is 21.6 Å². The second-order valence-electron chi connectivity index (χ2n) is 5.44. The van der Waals surface area contributed by atoms with E-state index in [9.17, 15) is 17.2 Å². The molecule has 9 heteroatoms. The number of benzene rings is 1. The molecule has 1 aromatic carbocycles. The summed E-state index contributed by atoms with van der Waals surface area (Å²) in [6, 6.07) is 3.99. The second kappa shape index (κ2) is 6.56. The lowest BCUT2D eigenvalue weighted by Gasteiger charge is -2.02. The lowest BCUT2D eigenvalue weighted by Crippen LogP contribution is -2.07. The topological polar surface area (TPSA) is 73.1 Å². The number of halogens is 2. The molecule has 0 unspecified atom stereocenters. The van der Waals surface area contributed by atoms with Crippen LogP contribution in [0.3, 0.4) is 0 Å². The molecule has 1 aromatic heterocycles. The SMILES string of the molecule is O=S1(=O)CC[C@H](Cc2nnc(SCc3cccc(F)c3F)o2)C1. The zero-order valence-corrected chi connectivity index (χ0v) is 13.7. The Morgan fingerprint density at radius 1 is 1.30 bits per heavy atom. The van der Waals surface area contributed by atoms with E-state index in [-0.39, 0.29) is 34.0 Å². The summed E-state index contributed by atoms with van der Waals surface area (Å²) < 4.78 is 54.9. The smallest absolute Gasteiger partial charge is 0.276 e. The highest BCUT2D eigenvalue weighted by molar-refractivity contribution is 7.98. The molecule has 3 rings (SSSR count). The van der Waals surface area contributed by atoms with Crippen molar-refractivity contribution in [3.8, 4) is 0 Å². The monoisotopic (exact) mass is 360 g/mol. The highest BCUT2D eigenvalue weighted by Gasteiger charge is 2.29. The molecule has 0 bridgehead atoms. The maximum absolute atomic E-state index is 13.5. The fourth-order valence-corrected chi connectivity index (χ4v) is 5.08. The van der Waals surface area contributed by atoms with Crippen LogP contribution < -0.4 is 0 Å². The van der Waals surface area contributed by atoms with Gasteiger partial charge in [-0.1, -0.05) is 23.9 Å². The summed E-state index contributed by atoms with van der Waals surface area (Å²) in [5, 5.41) is 7.98. The molecule has 2 heterocycles. The van der Waals surface area contributed by atoms with Gasteiger partial charge in [-0.15, -0.1) is 10.2 Å². The number of thioether (sulfide) groups is 1. The molecule has 1 atom stereocenters. The molecule has 1 aliphatic rings. The Bertz CT molecular complexity index is 808. The third-order valence-corrected chi connectivity index (χ3v) is 6.33. The van der Waals surface area contributed by atoms with E-state index in [1.165, 1.54) is 12.1 Å². The first-order chi connectivity index (χ1) is 10.9. The Morgan fingerprint density at radius 2 is 2.13 bits per heavy atom. The van der Waals surface area contributed by atoms with E-state index in [2.05, 4.69) is 10.2 Å². The molecule has 0 N–H and O–H groups in total. The van der Waals surface area contributed by atoms with E-state index in [4.69, 9.17) is 4.42 Å². The van der Waals surface area contributed by atoms with Crippen LogP contribution in [-0.2, 0) is 22.0 Å². The third kappa shape index (κ3) is 4.08. The summed E-state index contributed by atoms with van der Waals surface area (Å²) in [5.74, 6) is -0.886. The molecular weight excluding hydrogens is 346 g/mol. The molecule has 23 heavy (non-hydrogen) atoms. The minimum atomic E-state index is -2.94. The van der Waals surface area contributed by atoms with E-state index < -0.39 is 21.5 Å². The van der Waals surface area contributed by atoms with Gasteiger partial charge >= 0.3 is 0 Å². The van der Waals surface area contributed by atoms with Crippen molar-refractivity contribution in [2.75, 3.05) is 11.5 Å². The molecule has 0 radical (unpaired) electrons. The highest BCUT2D eigenvalue weighted by atomic mass is 32.2. The summed E-state index contributed by atoms with van der Waals surface area (Å²) in [5.41, 5.74) is 0.219. The van der Waals surface area contributed by atoms with Gasteiger partial charge in [0.05, 0.1) is 11.5 Å². The zero-order valence-electron chi connectivity index (χ0n) is 12.0. The number of hydrogen-bond donors (Lipinski definition) is 0. The van der Waals surface area contributed by atoms with Crippen molar-refractivity contribution in [1.82, 2.24) is 10.2 Å². The van der Waals surface area contributed by atoms with Gasteiger partial charge in [0, 0.05) is 17.7 Å².